The van der Waals surface area contributed by atoms with Crippen molar-refractivity contribution in [2.45, 2.75) is 19.4 Å². The molecule has 1 aliphatic heterocycles. The molecular weight excluding hydrogens is 214 g/mol. The summed E-state index contributed by atoms with van der Waals surface area (Å²) in [7, 11) is 2.01. The van der Waals surface area contributed by atoms with Crippen molar-refractivity contribution in [3.63, 3.8) is 0 Å². The number of hydrogen-bond donors (Lipinski definition) is 0. The van der Waals surface area contributed by atoms with Gasteiger partial charge < -0.3 is 9.64 Å². The molecule has 90 valence electrons. The topological polar surface area (TPSA) is 29.5 Å². The first kappa shape index (κ1) is 11.7. The molecular formula is C14H17NO2. The summed E-state index contributed by atoms with van der Waals surface area (Å²) < 4.78 is 4.98. The summed E-state index contributed by atoms with van der Waals surface area (Å²) in [6, 6.07) is 8.25. The molecule has 0 aliphatic carbocycles. The third kappa shape index (κ3) is 2.49. The highest BCUT2D eigenvalue weighted by atomic mass is 16.5. The molecule has 1 atom stereocenters. The molecule has 0 radical (unpaired) electrons. The average molecular weight is 231 g/mol. The minimum absolute atomic E-state index is 0.0870. The van der Waals surface area contributed by atoms with Gasteiger partial charge in [-0.25, -0.2) is 0 Å². The van der Waals surface area contributed by atoms with E-state index in [2.05, 4.69) is 29.2 Å². The number of rotatable bonds is 3. The van der Waals surface area contributed by atoms with Gasteiger partial charge in [0, 0.05) is 12.7 Å². The fourth-order valence-corrected chi connectivity index (χ4v) is 2.07. The molecule has 1 heterocycles. The van der Waals surface area contributed by atoms with Crippen LogP contribution in [0.2, 0.25) is 0 Å². The van der Waals surface area contributed by atoms with E-state index in [9.17, 15) is 4.79 Å². The lowest BCUT2D eigenvalue weighted by molar-refractivity contribution is -0.143. The zero-order valence-electron chi connectivity index (χ0n) is 10.2. The number of carbonyl (C=O) groups excluding carboxylic acids is 1. The summed E-state index contributed by atoms with van der Waals surface area (Å²) in [5.74, 6) is -0.145. The van der Waals surface area contributed by atoms with Gasteiger partial charge in [0.1, 0.15) is 0 Å². The zero-order valence-corrected chi connectivity index (χ0v) is 10.2. The van der Waals surface area contributed by atoms with Gasteiger partial charge in [-0.2, -0.15) is 0 Å². The van der Waals surface area contributed by atoms with Crippen LogP contribution in [-0.2, 0) is 9.53 Å². The average Bonchev–Trinajstić information content (AvgIpc) is 2.33. The molecule has 0 aromatic heterocycles. The van der Waals surface area contributed by atoms with Gasteiger partial charge in [-0.15, -0.1) is 0 Å². The first-order chi connectivity index (χ1) is 8.22. The van der Waals surface area contributed by atoms with Gasteiger partial charge in [0.05, 0.1) is 19.1 Å². The van der Waals surface area contributed by atoms with E-state index in [0.717, 1.165) is 5.69 Å². The van der Waals surface area contributed by atoms with Crippen molar-refractivity contribution >= 4 is 17.7 Å². The predicted octanol–water partition coefficient (Wildman–Crippen LogP) is 2.47. The lowest BCUT2D eigenvalue weighted by atomic mass is 10.0. The SMILES string of the molecule is CCOC(=O)CC1C=Cc2ccccc2N1C. The van der Waals surface area contributed by atoms with E-state index in [1.54, 1.807) is 0 Å². The summed E-state index contributed by atoms with van der Waals surface area (Å²) in [5.41, 5.74) is 2.35. The molecule has 0 N–H and O–H groups in total. The molecule has 3 heteroatoms. The van der Waals surface area contributed by atoms with Crippen LogP contribution in [0.5, 0.6) is 0 Å². The number of fused-ring (bicyclic) bond motifs is 1. The predicted molar refractivity (Wildman–Crippen MR) is 68.9 cm³/mol. The summed E-state index contributed by atoms with van der Waals surface area (Å²) in [4.78, 5) is 13.6. The van der Waals surface area contributed by atoms with Gasteiger partial charge >= 0.3 is 5.97 Å². The van der Waals surface area contributed by atoms with E-state index >= 15 is 0 Å². The molecule has 0 amide bonds. The van der Waals surface area contributed by atoms with Gasteiger partial charge in [-0.05, 0) is 18.6 Å². The van der Waals surface area contributed by atoms with Gasteiger partial charge in [0.25, 0.3) is 0 Å². The van der Waals surface area contributed by atoms with Crippen LogP contribution >= 0.6 is 0 Å². The van der Waals surface area contributed by atoms with E-state index in [0.29, 0.717) is 13.0 Å². The van der Waals surface area contributed by atoms with Gasteiger partial charge in [0.15, 0.2) is 0 Å². The molecule has 0 fully saturated rings. The Morgan fingerprint density at radius 3 is 2.94 bits per heavy atom. The van der Waals surface area contributed by atoms with E-state index in [1.807, 2.05) is 26.1 Å². The first-order valence-electron chi connectivity index (χ1n) is 5.88. The highest BCUT2D eigenvalue weighted by Gasteiger charge is 2.21. The molecule has 0 bridgehead atoms. The Morgan fingerprint density at radius 1 is 1.41 bits per heavy atom. The number of para-hydroxylation sites is 1. The van der Waals surface area contributed by atoms with Crippen LogP contribution in [0.3, 0.4) is 0 Å². The second-order valence-corrected chi connectivity index (χ2v) is 4.11. The van der Waals surface area contributed by atoms with Crippen molar-refractivity contribution in [2.75, 3.05) is 18.6 Å². The second kappa shape index (κ2) is 5.04. The summed E-state index contributed by atoms with van der Waals surface area (Å²) in [6.07, 6.45) is 4.52. The lowest BCUT2D eigenvalue weighted by Gasteiger charge is -2.31. The second-order valence-electron chi connectivity index (χ2n) is 4.11. The number of carbonyl (C=O) groups is 1. The number of esters is 1. The normalized spacial score (nSPS) is 17.8. The Kier molecular flexibility index (Phi) is 3.47. The maximum absolute atomic E-state index is 11.5. The van der Waals surface area contributed by atoms with Crippen molar-refractivity contribution in [1.82, 2.24) is 0 Å². The van der Waals surface area contributed by atoms with Gasteiger partial charge in [-0.1, -0.05) is 30.4 Å². The minimum atomic E-state index is -0.145. The molecule has 1 aromatic carbocycles. The Bertz CT molecular complexity index is 440. The maximum Gasteiger partial charge on any atom is 0.308 e. The molecule has 2 rings (SSSR count). The fourth-order valence-electron chi connectivity index (χ4n) is 2.07. The Hall–Kier alpha value is -1.77. The largest absolute Gasteiger partial charge is 0.466 e. The zero-order chi connectivity index (χ0) is 12.3. The quantitative estimate of drug-likeness (QED) is 0.748. The van der Waals surface area contributed by atoms with Crippen LogP contribution in [0.15, 0.2) is 30.3 Å². The number of likely N-dealkylation sites (N-methyl/N-ethyl adjacent to an activating group) is 1. The smallest absolute Gasteiger partial charge is 0.308 e. The fraction of sp³-hybridized carbons (Fsp3) is 0.357. The van der Waals surface area contributed by atoms with Crippen molar-refractivity contribution in [1.29, 1.82) is 0 Å². The monoisotopic (exact) mass is 231 g/mol. The minimum Gasteiger partial charge on any atom is -0.466 e. The lowest BCUT2D eigenvalue weighted by Crippen LogP contribution is -2.34. The van der Waals surface area contributed by atoms with Gasteiger partial charge in [-0.3, -0.25) is 4.79 Å². The van der Waals surface area contributed by atoms with Crippen molar-refractivity contribution in [3.05, 3.63) is 35.9 Å². The standard InChI is InChI=1S/C14H17NO2/c1-3-17-14(16)10-12-9-8-11-6-4-5-7-13(11)15(12)2/h4-9,12H,3,10H2,1-2H3. The van der Waals surface area contributed by atoms with Crippen LogP contribution < -0.4 is 4.90 Å². The van der Waals surface area contributed by atoms with E-state index in [-0.39, 0.29) is 12.0 Å². The Labute approximate surface area is 102 Å². The van der Waals surface area contributed by atoms with Crippen molar-refractivity contribution < 1.29 is 9.53 Å². The summed E-state index contributed by atoms with van der Waals surface area (Å²) in [6.45, 7) is 2.27. The van der Waals surface area contributed by atoms with Crippen LogP contribution in [0, 0.1) is 0 Å². The molecule has 0 spiro atoms. The summed E-state index contributed by atoms with van der Waals surface area (Å²) >= 11 is 0. The Balaban J connectivity index is 2.12. The molecule has 0 saturated carbocycles. The number of anilines is 1. The molecule has 1 aliphatic rings. The third-order valence-electron chi connectivity index (χ3n) is 2.99. The first-order valence-corrected chi connectivity index (χ1v) is 5.88. The van der Waals surface area contributed by atoms with E-state index in [4.69, 9.17) is 4.74 Å². The molecule has 1 unspecified atom stereocenters. The van der Waals surface area contributed by atoms with Crippen LogP contribution in [0.4, 0.5) is 5.69 Å². The van der Waals surface area contributed by atoms with Crippen LogP contribution in [0.25, 0.3) is 6.08 Å². The Morgan fingerprint density at radius 2 is 2.18 bits per heavy atom. The maximum atomic E-state index is 11.5. The molecule has 1 aromatic rings. The summed E-state index contributed by atoms with van der Waals surface area (Å²) in [5, 5.41) is 0. The third-order valence-corrected chi connectivity index (χ3v) is 2.99. The number of hydrogen-bond acceptors (Lipinski definition) is 3. The highest BCUT2D eigenvalue weighted by molar-refractivity contribution is 5.76. The van der Waals surface area contributed by atoms with E-state index < -0.39 is 0 Å². The van der Waals surface area contributed by atoms with Crippen molar-refractivity contribution in [3.8, 4) is 0 Å². The molecule has 17 heavy (non-hydrogen) atoms. The van der Waals surface area contributed by atoms with Crippen LogP contribution in [-0.4, -0.2) is 25.7 Å². The van der Waals surface area contributed by atoms with E-state index in [1.165, 1.54) is 5.56 Å². The van der Waals surface area contributed by atoms with Crippen molar-refractivity contribution in [2.24, 2.45) is 0 Å². The van der Waals surface area contributed by atoms with Crippen LogP contribution in [0.1, 0.15) is 18.9 Å². The molecule has 0 saturated heterocycles. The number of ether oxygens (including phenoxy) is 1. The highest BCUT2D eigenvalue weighted by Crippen LogP contribution is 2.28. The number of nitrogens with zero attached hydrogens (tertiary/aromatic N) is 1. The molecule has 3 nitrogen and oxygen atoms in total. The van der Waals surface area contributed by atoms with Gasteiger partial charge in [0.2, 0.25) is 0 Å². The number of benzene rings is 1.